The van der Waals surface area contributed by atoms with Gasteiger partial charge in [0, 0.05) is 22.8 Å². The molecule has 110 valence electrons. The van der Waals surface area contributed by atoms with Gasteiger partial charge in [0.25, 0.3) is 5.91 Å². The number of aryl methyl sites for hydroxylation is 1. The van der Waals surface area contributed by atoms with Crippen LogP contribution >= 0.6 is 27.5 Å². The van der Waals surface area contributed by atoms with Crippen LogP contribution in [0.25, 0.3) is 0 Å². The molecule has 0 unspecified atom stereocenters. The van der Waals surface area contributed by atoms with Crippen LogP contribution in [0.5, 0.6) is 0 Å². The highest BCUT2D eigenvalue weighted by molar-refractivity contribution is 9.10. The third-order valence-electron chi connectivity index (χ3n) is 3.01. The van der Waals surface area contributed by atoms with Crippen molar-refractivity contribution >= 4 is 44.9 Å². The molecule has 1 aromatic carbocycles. The smallest absolute Gasteiger partial charge is 0.255 e. The van der Waals surface area contributed by atoms with E-state index in [0.717, 1.165) is 22.1 Å². The molecule has 1 aromatic heterocycles. The second-order valence-electron chi connectivity index (χ2n) is 4.42. The van der Waals surface area contributed by atoms with Crippen LogP contribution in [-0.4, -0.2) is 17.9 Å². The summed E-state index contributed by atoms with van der Waals surface area (Å²) in [4.78, 5) is 16.4. The molecule has 4 nitrogen and oxygen atoms in total. The molecule has 0 bridgehead atoms. The fraction of sp³-hybridized carbons (Fsp3) is 0.200. The fourth-order valence-corrected chi connectivity index (χ4v) is 2.54. The lowest BCUT2D eigenvalue weighted by Gasteiger charge is -2.11. The highest BCUT2D eigenvalue weighted by Gasteiger charge is 2.11. The van der Waals surface area contributed by atoms with Crippen LogP contribution in [0, 0.1) is 0 Å². The maximum atomic E-state index is 12.4. The van der Waals surface area contributed by atoms with Gasteiger partial charge < -0.3 is 10.6 Å². The summed E-state index contributed by atoms with van der Waals surface area (Å²) < 4.78 is 0.988. The normalized spacial score (nSPS) is 10.3. The zero-order valence-electron chi connectivity index (χ0n) is 11.7. The summed E-state index contributed by atoms with van der Waals surface area (Å²) >= 11 is 9.35. The predicted octanol–water partition coefficient (Wildman–Crippen LogP) is 4.35. The van der Waals surface area contributed by atoms with E-state index in [0.29, 0.717) is 11.4 Å². The van der Waals surface area contributed by atoms with E-state index in [-0.39, 0.29) is 11.1 Å². The van der Waals surface area contributed by atoms with Gasteiger partial charge in [0.15, 0.2) is 0 Å². The number of benzene rings is 1. The van der Waals surface area contributed by atoms with Gasteiger partial charge in [-0.2, -0.15) is 0 Å². The molecule has 21 heavy (non-hydrogen) atoms. The van der Waals surface area contributed by atoms with Crippen molar-refractivity contribution in [2.24, 2.45) is 0 Å². The molecule has 0 saturated carbocycles. The van der Waals surface area contributed by atoms with E-state index in [1.165, 1.54) is 0 Å². The Kier molecular flexibility index (Phi) is 5.20. The van der Waals surface area contributed by atoms with Crippen LogP contribution in [0.3, 0.4) is 0 Å². The van der Waals surface area contributed by atoms with Crippen molar-refractivity contribution < 1.29 is 4.79 Å². The molecule has 2 N–H and O–H groups in total. The van der Waals surface area contributed by atoms with E-state index in [4.69, 9.17) is 11.6 Å². The van der Waals surface area contributed by atoms with E-state index in [1.54, 1.807) is 19.2 Å². The quantitative estimate of drug-likeness (QED) is 0.789. The lowest BCUT2D eigenvalue weighted by Crippen LogP contribution is -2.14. The van der Waals surface area contributed by atoms with E-state index in [9.17, 15) is 4.79 Å². The minimum atomic E-state index is -0.215. The molecule has 0 fully saturated rings. The Morgan fingerprint density at radius 2 is 2.10 bits per heavy atom. The van der Waals surface area contributed by atoms with E-state index in [1.807, 2.05) is 25.1 Å². The first-order chi connectivity index (χ1) is 10.0. The Morgan fingerprint density at radius 3 is 2.76 bits per heavy atom. The lowest BCUT2D eigenvalue weighted by atomic mass is 10.1. The molecule has 6 heteroatoms. The number of anilines is 2. The van der Waals surface area contributed by atoms with Crippen molar-refractivity contribution in [3.05, 3.63) is 51.1 Å². The topological polar surface area (TPSA) is 54.0 Å². The predicted molar refractivity (Wildman–Crippen MR) is 90.3 cm³/mol. The standard InChI is InChI=1S/C15H15BrClN3O/c1-3-9-6-11(16)4-5-12(9)19-15(21)10-7-13(17)20-14(8-10)18-2/h4-8H,3H2,1-2H3,(H,18,20)(H,19,21). The number of carbonyl (C=O) groups excluding carboxylic acids is 1. The van der Waals surface area contributed by atoms with Crippen LogP contribution in [0.1, 0.15) is 22.8 Å². The monoisotopic (exact) mass is 367 g/mol. The number of amides is 1. The Balaban J connectivity index is 2.28. The van der Waals surface area contributed by atoms with Crippen LogP contribution < -0.4 is 10.6 Å². The average Bonchev–Trinajstić information content (AvgIpc) is 2.48. The Hall–Kier alpha value is -1.59. The van der Waals surface area contributed by atoms with Crippen molar-refractivity contribution in [1.29, 1.82) is 0 Å². The minimum Gasteiger partial charge on any atom is -0.373 e. The summed E-state index contributed by atoms with van der Waals surface area (Å²) in [6, 6.07) is 8.97. The number of nitrogens with one attached hydrogen (secondary N) is 2. The summed E-state index contributed by atoms with van der Waals surface area (Å²) in [6.07, 6.45) is 0.827. The summed E-state index contributed by atoms with van der Waals surface area (Å²) in [5.41, 5.74) is 2.32. The van der Waals surface area contributed by atoms with Gasteiger partial charge in [-0.25, -0.2) is 4.98 Å². The molecule has 0 saturated heterocycles. The van der Waals surface area contributed by atoms with Gasteiger partial charge in [0.1, 0.15) is 11.0 Å². The first kappa shape index (κ1) is 15.8. The summed E-state index contributed by atoms with van der Waals surface area (Å²) in [7, 11) is 1.73. The van der Waals surface area contributed by atoms with Gasteiger partial charge in [-0.15, -0.1) is 0 Å². The Labute approximate surface area is 137 Å². The first-order valence-corrected chi connectivity index (χ1v) is 7.65. The van der Waals surface area contributed by atoms with Crippen molar-refractivity contribution in [3.63, 3.8) is 0 Å². The third-order valence-corrected chi connectivity index (χ3v) is 3.70. The molecular weight excluding hydrogens is 354 g/mol. The number of halogens is 2. The van der Waals surface area contributed by atoms with Gasteiger partial charge in [0.05, 0.1) is 0 Å². The highest BCUT2D eigenvalue weighted by Crippen LogP contribution is 2.23. The zero-order chi connectivity index (χ0) is 15.4. The molecule has 0 atom stereocenters. The number of hydrogen-bond acceptors (Lipinski definition) is 3. The molecule has 2 aromatic rings. The molecule has 1 amide bonds. The third kappa shape index (κ3) is 3.95. The molecule has 0 aliphatic heterocycles. The molecule has 0 aliphatic carbocycles. The first-order valence-electron chi connectivity index (χ1n) is 6.48. The maximum Gasteiger partial charge on any atom is 0.255 e. The molecule has 0 aliphatic rings. The van der Waals surface area contributed by atoms with E-state index >= 15 is 0 Å². The second kappa shape index (κ2) is 6.91. The second-order valence-corrected chi connectivity index (χ2v) is 5.73. The number of aromatic nitrogens is 1. The molecule has 0 radical (unpaired) electrons. The molecule has 0 spiro atoms. The SMILES string of the molecule is CCc1cc(Br)ccc1NC(=O)c1cc(Cl)nc(NC)c1. The van der Waals surface area contributed by atoms with Gasteiger partial charge in [-0.3, -0.25) is 4.79 Å². The van der Waals surface area contributed by atoms with Crippen LogP contribution in [0.4, 0.5) is 11.5 Å². The van der Waals surface area contributed by atoms with Crippen molar-refractivity contribution in [1.82, 2.24) is 4.98 Å². The fourth-order valence-electron chi connectivity index (χ4n) is 1.93. The van der Waals surface area contributed by atoms with Gasteiger partial charge in [-0.05, 0) is 42.3 Å². The minimum absolute atomic E-state index is 0.215. The number of hydrogen-bond donors (Lipinski definition) is 2. The molecule has 1 heterocycles. The summed E-state index contributed by atoms with van der Waals surface area (Å²) in [5.74, 6) is 0.340. The van der Waals surface area contributed by atoms with Crippen molar-refractivity contribution in [3.8, 4) is 0 Å². The zero-order valence-corrected chi connectivity index (χ0v) is 14.0. The number of rotatable bonds is 4. The number of nitrogens with zero attached hydrogens (tertiary/aromatic N) is 1. The largest absolute Gasteiger partial charge is 0.373 e. The van der Waals surface area contributed by atoms with E-state index < -0.39 is 0 Å². The van der Waals surface area contributed by atoms with Crippen LogP contribution in [0.2, 0.25) is 5.15 Å². The number of pyridine rings is 1. The Bertz CT molecular complexity index is 676. The Morgan fingerprint density at radius 1 is 1.33 bits per heavy atom. The van der Waals surface area contributed by atoms with E-state index in [2.05, 4.69) is 31.5 Å². The average molecular weight is 369 g/mol. The van der Waals surface area contributed by atoms with Gasteiger partial charge in [0.2, 0.25) is 0 Å². The van der Waals surface area contributed by atoms with Crippen molar-refractivity contribution in [2.75, 3.05) is 17.7 Å². The highest BCUT2D eigenvalue weighted by atomic mass is 79.9. The molecular formula is C15H15BrClN3O. The summed E-state index contributed by atoms with van der Waals surface area (Å²) in [6.45, 7) is 2.04. The van der Waals surface area contributed by atoms with Gasteiger partial charge >= 0.3 is 0 Å². The van der Waals surface area contributed by atoms with Gasteiger partial charge in [-0.1, -0.05) is 34.5 Å². The lowest BCUT2D eigenvalue weighted by molar-refractivity contribution is 0.102. The number of carbonyl (C=O) groups is 1. The molecule has 2 rings (SSSR count). The van der Waals surface area contributed by atoms with Crippen molar-refractivity contribution in [2.45, 2.75) is 13.3 Å². The summed E-state index contributed by atoms with van der Waals surface area (Å²) in [5, 5.41) is 6.06. The maximum absolute atomic E-state index is 12.4. The van der Waals surface area contributed by atoms with Crippen LogP contribution in [0.15, 0.2) is 34.8 Å². The van der Waals surface area contributed by atoms with Crippen LogP contribution in [-0.2, 0) is 6.42 Å².